The average Bonchev–Trinajstić information content (AvgIpc) is 2.66. The van der Waals surface area contributed by atoms with E-state index in [0.29, 0.717) is 0 Å². The van der Waals surface area contributed by atoms with E-state index in [1.54, 1.807) is 18.2 Å². The van der Waals surface area contributed by atoms with Crippen LogP contribution in [0, 0.1) is 10.1 Å². The molecule has 0 bridgehead atoms. The zero-order valence-corrected chi connectivity index (χ0v) is 15.5. The van der Waals surface area contributed by atoms with Gasteiger partial charge in [0.2, 0.25) is 11.7 Å². The van der Waals surface area contributed by atoms with Gasteiger partial charge in [-0.05, 0) is 30.3 Å². The summed E-state index contributed by atoms with van der Waals surface area (Å²) in [5, 5.41) is 14.8. The first-order valence-corrected chi connectivity index (χ1v) is 8.43. The molecule has 2 aromatic rings. The molecule has 0 radical (unpaired) electrons. The fourth-order valence-electron chi connectivity index (χ4n) is 2.13. The van der Waals surface area contributed by atoms with Gasteiger partial charge in [-0.3, -0.25) is 19.7 Å². The predicted molar refractivity (Wildman–Crippen MR) is 102 cm³/mol. The summed E-state index contributed by atoms with van der Waals surface area (Å²) in [4.78, 5) is 56.5. The highest BCUT2D eigenvalue weighted by molar-refractivity contribution is 6.34. The lowest BCUT2D eigenvalue weighted by Gasteiger charge is -2.08. The second-order valence-electron chi connectivity index (χ2n) is 5.55. The number of halogens is 1. The monoisotopic (exact) mass is 419 g/mol. The first kappa shape index (κ1) is 21.5. The van der Waals surface area contributed by atoms with Gasteiger partial charge in [-0.2, -0.15) is 0 Å². The largest absolute Gasteiger partial charge is 0.415 e. The van der Waals surface area contributed by atoms with Crippen LogP contribution >= 0.6 is 11.6 Å². The molecule has 2 rings (SSSR count). The van der Waals surface area contributed by atoms with Crippen LogP contribution in [0.1, 0.15) is 20.7 Å². The quantitative estimate of drug-likeness (QED) is 0.230. The fraction of sp³-hybridized carbons (Fsp3) is 0.111. The van der Waals surface area contributed by atoms with Crippen molar-refractivity contribution in [2.45, 2.75) is 0 Å². The molecule has 0 aliphatic rings. The summed E-state index contributed by atoms with van der Waals surface area (Å²) in [6, 6.07) is 11.6. The molecule has 2 N–H and O–H groups in total. The molecule has 29 heavy (non-hydrogen) atoms. The molecule has 0 aliphatic heterocycles. The number of hydrogen-bond donors (Lipinski definition) is 2. The van der Waals surface area contributed by atoms with Crippen LogP contribution in [0.15, 0.2) is 48.5 Å². The highest BCUT2D eigenvalue weighted by Crippen LogP contribution is 2.21. The van der Waals surface area contributed by atoms with E-state index in [2.05, 4.69) is 15.4 Å². The molecule has 0 atom stereocenters. The minimum atomic E-state index is -1.10. The van der Waals surface area contributed by atoms with Gasteiger partial charge < -0.3 is 15.4 Å². The van der Waals surface area contributed by atoms with Gasteiger partial charge >= 0.3 is 12.1 Å². The fourth-order valence-corrected chi connectivity index (χ4v) is 2.42. The molecule has 150 valence electrons. The van der Waals surface area contributed by atoms with Crippen LogP contribution in [0.5, 0.6) is 0 Å². The van der Waals surface area contributed by atoms with Crippen molar-refractivity contribution < 1.29 is 28.8 Å². The summed E-state index contributed by atoms with van der Waals surface area (Å²) in [6.07, 6.45) is -1.10. The number of alkyl carbamates (subject to hydrolysis) is 1. The number of carbonyl (C=O) groups is 4. The summed E-state index contributed by atoms with van der Waals surface area (Å²) in [6.45, 7) is -1.40. The number of ketones is 1. The maximum Gasteiger partial charge on any atom is 0.415 e. The Morgan fingerprint density at radius 1 is 1.07 bits per heavy atom. The lowest BCUT2D eigenvalue weighted by molar-refractivity contribution is -0.465. The summed E-state index contributed by atoms with van der Waals surface area (Å²) in [5.74, 6) is -2.30. The number of Topliss-reactive ketones (excluding diaryl/α,β-unsaturated/α-hetero) is 1. The molecule has 0 saturated heterocycles. The number of nitro groups is 1. The summed E-state index contributed by atoms with van der Waals surface area (Å²) >= 11 is 5.91. The van der Waals surface area contributed by atoms with E-state index in [1.807, 2.05) is 0 Å². The standard InChI is InChI=1S/C18H14ClN3O7/c19-14-8-12(6-7-13(14)15(23)10-22(27)28)21-16(24)9-20-18(26)29-17(25)11-4-2-1-3-5-11/h1-8H,9-10H2,(H,20,26)(H,21,24). The van der Waals surface area contributed by atoms with E-state index in [-0.39, 0.29) is 21.8 Å². The molecule has 11 heteroatoms. The Hall–Kier alpha value is -3.79. The number of hydrogen-bond acceptors (Lipinski definition) is 7. The number of ether oxygens (including phenoxy) is 1. The Labute approximate surface area is 168 Å². The van der Waals surface area contributed by atoms with Crippen molar-refractivity contribution in [2.24, 2.45) is 0 Å². The summed E-state index contributed by atoms with van der Waals surface area (Å²) < 4.78 is 4.55. The third kappa shape index (κ3) is 6.70. The number of rotatable bonds is 7. The molecule has 0 heterocycles. The molecule has 0 saturated carbocycles. The van der Waals surface area contributed by atoms with Gasteiger partial charge in [0, 0.05) is 16.2 Å². The van der Waals surface area contributed by atoms with Gasteiger partial charge in [-0.15, -0.1) is 0 Å². The SMILES string of the molecule is O=C(CNC(=O)OC(=O)c1ccccc1)Nc1ccc(C(=O)C[N+](=O)[O-])c(Cl)c1. The smallest absolute Gasteiger partial charge is 0.373 e. The van der Waals surface area contributed by atoms with Crippen molar-refractivity contribution in [3.05, 3.63) is 74.8 Å². The molecular weight excluding hydrogens is 406 g/mol. The Kier molecular flexibility index (Phi) is 7.38. The lowest BCUT2D eigenvalue weighted by Crippen LogP contribution is -2.34. The van der Waals surface area contributed by atoms with E-state index in [4.69, 9.17) is 11.6 Å². The Morgan fingerprint density at radius 3 is 2.38 bits per heavy atom. The Bertz CT molecular complexity index is 963. The van der Waals surface area contributed by atoms with Gasteiger partial charge in [0.1, 0.15) is 6.54 Å². The van der Waals surface area contributed by atoms with Crippen LogP contribution in [0.4, 0.5) is 10.5 Å². The van der Waals surface area contributed by atoms with Crippen molar-refractivity contribution in [2.75, 3.05) is 18.4 Å². The van der Waals surface area contributed by atoms with Gasteiger partial charge in [0.05, 0.1) is 10.6 Å². The van der Waals surface area contributed by atoms with E-state index < -0.39 is 41.8 Å². The first-order valence-electron chi connectivity index (χ1n) is 8.05. The van der Waals surface area contributed by atoms with E-state index in [9.17, 15) is 29.3 Å². The van der Waals surface area contributed by atoms with E-state index in [0.717, 1.165) is 0 Å². The van der Waals surface area contributed by atoms with Crippen LogP contribution in [-0.2, 0) is 9.53 Å². The van der Waals surface area contributed by atoms with Crippen LogP contribution in [0.2, 0.25) is 5.02 Å². The van der Waals surface area contributed by atoms with Gasteiger partial charge in [0.15, 0.2) is 0 Å². The molecule has 2 aromatic carbocycles. The van der Waals surface area contributed by atoms with Crippen molar-refractivity contribution >= 4 is 41.0 Å². The molecule has 2 amide bonds. The van der Waals surface area contributed by atoms with Crippen LogP contribution in [0.3, 0.4) is 0 Å². The molecule has 0 unspecified atom stereocenters. The van der Waals surface area contributed by atoms with Crippen LogP contribution in [-0.4, -0.2) is 41.8 Å². The molecular formula is C18H14ClN3O7. The third-order valence-corrected chi connectivity index (χ3v) is 3.73. The minimum absolute atomic E-state index is 0.0532. The topological polar surface area (TPSA) is 145 Å². The number of carbonyl (C=O) groups excluding carboxylic acids is 4. The minimum Gasteiger partial charge on any atom is -0.373 e. The van der Waals surface area contributed by atoms with E-state index >= 15 is 0 Å². The molecule has 0 fully saturated rings. The van der Waals surface area contributed by atoms with Crippen molar-refractivity contribution in [3.63, 3.8) is 0 Å². The molecule has 10 nitrogen and oxygen atoms in total. The number of nitrogens with one attached hydrogen (secondary N) is 2. The maximum atomic E-state index is 11.9. The maximum absolute atomic E-state index is 11.9. The number of benzene rings is 2. The number of amides is 2. The van der Waals surface area contributed by atoms with Gasteiger partial charge in [0.25, 0.3) is 6.54 Å². The first-order chi connectivity index (χ1) is 13.8. The highest BCUT2D eigenvalue weighted by atomic mass is 35.5. The van der Waals surface area contributed by atoms with Crippen molar-refractivity contribution in [3.8, 4) is 0 Å². The van der Waals surface area contributed by atoms with Crippen molar-refractivity contribution in [1.29, 1.82) is 0 Å². The van der Waals surface area contributed by atoms with Crippen LogP contribution < -0.4 is 10.6 Å². The highest BCUT2D eigenvalue weighted by Gasteiger charge is 2.17. The van der Waals surface area contributed by atoms with Crippen molar-refractivity contribution in [1.82, 2.24) is 5.32 Å². The van der Waals surface area contributed by atoms with E-state index in [1.165, 1.54) is 30.3 Å². The third-order valence-electron chi connectivity index (χ3n) is 3.41. The number of anilines is 1. The number of nitrogens with zero attached hydrogens (tertiary/aromatic N) is 1. The zero-order chi connectivity index (χ0) is 21.4. The summed E-state index contributed by atoms with van der Waals surface area (Å²) in [7, 11) is 0. The second kappa shape index (κ2) is 9.95. The Balaban J connectivity index is 1.85. The predicted octanol–water partition coefficient (Wildman–Crippen LogP) is 2.30. The molecule has 0 aliphatic carbocycles. The van der Waals surface area contributed by atoms with Gasteiger partial charge in [-0.25, -0.2) is 9.59 Å². The second-order valence-corrected chi connectivity index (χ2v) is 5.96. The number of esters is 1. The normalized spacial score (nSPS) is 9.97. The average molecular weight is 420 g/mol. The Morgan fingerprint density at radius 2 is 1.76 bits per heavy atom. The lowest BCUT2D eigenvalue weighted by atomic mass is 10.1. The zero-order valence-electron chi connectivity index (χ0n) is 14.7. The molecule has 0 aromatic heterocycles. The molecule has 0 spiro atoms. The summed E-state index contributed by atoms with van der Waals surface area (Å²) in [5.41, 5.74) is 0.323. The van der Waals surface area contributed by atoms with Gasteiger partial charge in [-0.1, -0.05) is 29.8 Å². The van der Waals surface area contributed by atoms with Crippen LogP contribution in [0.25, 0.3) is 0 Å².